The summed E-state index contributed by atoms with van der Waals surface area (Å²) in [5, 5.41) is 13.5. The van der Waals surface area contributed by atoms with Crippen molar-refractivity contribution >= 4 is 51.9 Å². The van der Waals surface area contributed by atoms with E-state index in [4.69, 9.17) is 0 Å². The van der Waals surface area contributed by atoms with Crippen molar-refractivity contribution in [1.29, 1.82) is 0 Å². The second kappa shape index (κ2) is 10.6. The minimum atomic E-state index is -0.561. The highest BCUT2D eigenvalue weighted by Gasteiger charge is 2.30. The Labute approximate surface area is 186 Å². The lowest BCUT2D eigenvalue weighted by Gasteiger charge is -2.21. The number of anilines is 2. The van der Waals surface area contributed by atoms with E-state index in [-0.39, 0.29) is 18.2 Å². The maximum absolute atomic E-state index is 12.5. The topological polar surface area (TPSA) is 86.2 Å². The normalized spacial score (nSPS) is 18.2. The van der Waals surface area contributed by atoms with Crippen molar-refractivity contribution < 1.29 is 9.59 Å². The Morgan fingerprint density at radius 1 is 1.16 bits per heavy atom. The fourth-order valence-electron chi connectivity index (χ4n) is 2.74. The van der Waals surface area contributed by atoms with Crippen molar-refractivity contribution in [3.8, 4) is 0 Å². The van der Waals surface area contributed by atoms with E-state index in [1.807, 2.05) is 80.5 Å². The molecule has 2 aromatic carbocycles. The van der Waals surface area contributed by atoms with E-state index in [2.05, 4.69) is 20.8 Å². The number of benzene rings is 2. The number of carbonyl (C=O) groups is 2. The number of para-hydroxylation sites is 1. The zero-order chi connectivity index (χ0) is 22.2. The average Bonchev–Trinajstić information content (AvgIpc) is 2.77. The standard InChI is InChI=1S/C23H25N5O2S/c1-16(9-10-17-11-13-19(14-12-17)28(2)3)26-27-23-25-21(29)15-20(31-23)22(30)24-18-7-5-4-6-8-18/h4-14,20H,15H2,1-3H3,(H,24,30)(H,25,27,29)/b10-9+,26-16-/t20-/m1/s1. The largest absolute Gasteiger partial charge is 0.378 e. The molecule has 8 heteroatoms. The van der Waals surface area contributed by atoms with Crippen LogP contribution in [0.15, 0.2) is 70.9 Å². The van der Waals surface area contributed by atoms with Crippen LogP contribution in [0.25, 0.3) is 6.08 Å². The van der Waals surface area contributed by atoms with Gasteiger partial charge >= 0.3 is 0 Å². The number of amidine groups is 1. The molecule has 0 spiro atoms. The Morgan fingerprint density at radius 2 is 1.87 bits per heavy atom. The lowest BCUT2D eigenvalue weighted by molar-refractivity contribution is -0.123. The highest BCUT2D eigenvalue weighted by atomic mass is 32.2. The predicted molar refractivity (Wildman–Crippen MR) is 130 cm³/mol. The molecule has 0 radical (unpaired) electrons. The van der Waals surface area contributed by atoms with Gasteiger partial charge in [-0.15, -0.1) is 5.10 Å². The summed E-state index contributed by atoms with van der Waals surface area (Å²) in [5.74, 6) is -0.490. The number of amides is 2. The van der Waals surface area contributed by atoms with E-state index in [1.54, 1.807) is 12.1 Å². The summed E-state index contributed by atoms with van der Waals surface area (Å²) in [7, 11) is 4.00. The summed E-state index contributed by atoms with van der Waals surface area (Å²) in [5.41, 5.74) is 3.54. The van der Waals surface area contributed by atoms with Crippen LogP contribution in [0.1, 0.15) is 18.9 Å². The first-order chi connectivity index (χ1) is 14.9. The zero-order valence-electron chi connectivity index (χ0n) is 17.7. The van der Waals surface area contributed by atoms with Crippen LogP contribution >= 0.6 is 11.8 Å². The van der Waals surface area contributed by atoms with Gasteiger partial charge in [0.05, 0.1) is 5.71 Å². The van der Waals surface area contributed by atoms with Gasteiger partial charge in [-0.1, -0.05) is 48.2 Å². The SMILES string of the molecule is CC(/C=C/c1ccc(N(C)C)cc1)=N/N=C1NC(=O)C[C@H](C(=O)Nc2ccccc2)S1. The highest BCUT2D eigenvalue weighted by molar-refractivity contribution is 8.15. The summed E-state index contributed by atoms with van der Waals surface area (Å²) in [6, 6.07) is 17.3. The first kappa shape index (κ1) is 22.3. The van der Waals surface area contributed by atoms with Crippen LogP contribution < -0.4 is 15.5 Å². The Kier molecular flexibility index (Phi) is 7.61. The highest BCUT2D eigenvalue weighted by Crippen LogP contribution is 2.22. The fourth-order valence-corrected chi connectivity index (χ4v) is 3.67. The second-order valence-electron chi connectivity index (χ2n) is 7.18. The van der Waals surface area contributed by atoms with Crippen molar-refractivity contribution in [3.05, 3.63) is 66.2 Å². The Bertz CT molecular complexity index is 1010. The minimum absolute atomic E-state index is 0.0912. The molecule has 0 aromatic heterocycles. The summed E-state index contributed by atoms with van der Waals surface area (Å²) in [6.45, 7) is 1.82. The maximum Gasteiger partial charge on any atom is 0.238 e. The molecule has 0 bridgehead atoms. The number of hydrogen-bond acceptors (Lipinski definition) is 6. The summed E-state index contributed by atoms with van der Waals surface area (Å²) < 4.78 is 0. The molecule has 2 aromatic rings. The molecule has 1 saturated heterocycles. The van der Waals surface area contributed by atoms with E-state index in [0.717, 1.165) is 11.3 Å². The van der Waals surface area contributed by atoms with Crippen LogP contribution in [0, 0.1) is 0 Å². The third kappa shape index (κ3) is 6.82. The molecule has 2 amide bonds. The van der Waals surface area contributed by atoms with Crippen molar-refractivity contribution in [2.75, 3.05) is 24.3 Å². The molecule has 31 heavy (non-hydrogen) atoms. The van der Waals surface area contributed by atoms with Gasteiger partial charge in [-0.2, -0.15) is 5.10 Å². The summed E-state index contributed by atoms with van der Waals surface area (Å²) in [4.78, 5) is 26.6. The molecule has 7 nitrogen and oxygen atoms in total. The van der Waals surface area contributed by atoms with Gasteiger partial charge in [0.1, 0.15) is 5.25 Å². The van der Waals surface area contributed by atoms with E-state index in [1.165, 1.54) is 11.8 Å². The number of rotatable bonds is 6. The lowest BCUT2D eigenvalue weighted by Crippen LogP contribution is -2.41. The lowest BCUT2D eigenvalue weighted by atomic mass is 10.2. The third-order valence-corrected chi connectivity index (χ3v) is 5.50. The van der Waals surface area contributed by atoms with Gasteiger partial charge in [0.15, 0.2) is 5.17 Å². The number of allylic oxidation sites excluding steroid dienone is 1. The maximum atomic E-state index is 12.5. The van der Waals surface area contributed by atoms with E-state index >= 15 is 0 Å². The number of nitrogens with zero attached hydrogens (tertiary/aromatic N) is 3. The molecular formula is C23H25N5O2S. The van der Waals surface area contributed by atoms with Crippen molar-refractivity contribution in [1.82, 2.24) is 5.32 Å². The minimum Gasteiger partial charge on any atom is -0.378 e. The molecule has 1 fully saturated rings. The third-order valence-electron chi connectivity index (χ3n) is 4.43. The number of hydrogen-bond donors (Lipinski definition) is 2. The van der Waals surface area contributed by atoms with Crippen molar-refractivity contribution in [3.63, 3.8) is 0 Å². The quantitative estimate of drug-likeness (QED) is 0.534. The number of carbonyl (C=O) groups excluding carboxylic acids is 2. The van der Waals surface area contributed by atoms with Crippen LogP contribution in [0.4, 0.5) is 11.4 Å². The monoisotopic (exact) mass is 435 g/mol. The van der Waals surface area contributed by atoms with E-state index in [9.17, 15) is 9.59 Å². The van der Waals surface area contributed by atoms with Crippen LogP contribution in [0.5, 0.6) is 0 Å². The van der Waals surface area contributed by atoms with Gasteiger partial charge in [0, 0.05) is 31.9 Å². The Morgan fingerprint density at radius 3 is 2.55 bits per heavy atom. The Balaban J connectivity index is 1.62. The number of thioether (sulfide) groups is 1. The van der Waals surface area contributed by atoms with Gasteiger partial charge in [0.2, 0.25) is 11.8 Å². The van der Waals surface area contributed by atoms with Crippen molar-refractivity contribution in [2.45, 2.75) is 18.6 Å². The smallest absolute Gasteiger partial charge is 0.238 e. The molecule has 1 aliphatic rings. The van der Waals surface area contributed by atoms with Gasteiger partial charge < -0.3 is 15.5 Å². The van der Waals surface area contributed by atoms with Crippen LogP contribution in [0.3, 0.4) is 0 Å². The van der Waals surface area contributed by atoms with Crippen molar-refractivity contribution in [2.24, 2.45) is 10.2 Å². The molecule has 0 saturated carbocycles. The first-order valence-corrected chi connectivity index (χ1v) is 10.7. The molecule has 0 aliphatic carbocycles. The predicted octanol–water partition coefficient (Wildman–Crippen LogP) is 3.76. The molecule has 0 unspecified atom stereocenters. The first-order valence-electron chi connectivity index (χ1n) is 9.81. The molecule has 1 atom stereocenters. The average molecular weight is 436 g/mol. The summed E-state index contributed by atoms with van der Waals surface area (Å²) >= 11 is 1.19. The summed E-state index contributed by atoms with van der Waals surface area (Å²) in [6.07, 6.45) is 3.89. The van der Waals surface area contributed by atoms with Gasteiger partial charge in [-0.3, -0.25) is 9.59 Å². The van der Waals surface area contributed by atoms with Gasteiger partial charge in [-0.25, -0.2) is 0 Å². The molecular weight excluding hydrogens is 410 g/mol. The van der Waals surface area contributed by atoms with Gasteiger partial charge in [-0.05, 0) is 42.8 Å². The second-order valence-corrected chi connectivity index (χ2v) is 8.37. The molecule has 160 valence electrons. The number of nitrogens with one attached hydrogen (secondary N) is 2. The van der Waals surface area contributed by atoms with E-state index < -0.39 is 5.25 Å². The molecule has 3 rings (SSSR count). The van der Waals surface area contributed by atoms with Gasteiger partial charge in [0.25, 0.3) is 0 Å². The molecule has 1 aliphatic heterocycles. The molecule has 1 heterocycles. The zero-order valence-corrected chi connectivity index (χ0v) is 18.5. The van der Waals surface area contributed by atoms with Crippen LogP contribution in [0.2, 0.25) is 0 Å². The molecule has 2 N–H and O–H groups in total. The van der Waals surface area contributed by atoms with E-state index in [0.29, 0.717) is 16.6 Å². The Hall–Kier alpha value is -3.39. The van der Waals surface area contributed by atoms with Crippen LogP contribution in [-0.2, 0) is 9.59 Å². The fraction of sp³-hybridized carbons (Fsp3) is 0.217. The van der Waals surface area contributed by atoms with Crippen LogP contribution in [-0.4, -0.2) is 42.0 Å².